The maximum Gasteiger partial charge on any atom is 0.223 e. The molecule has 2 nitrogen and oxygen atoms in total. The number of piperidine rings is 1. The molecular weight excluding hydrogens is 302 g/mol. The lowest BCUT2D eigenvalue weighted by molar-refractivity contribution is -0.134. The standard InChI is InChI=1S/C16H22BrNO/c17-12-11-15-8-4-5-13-18(15)16(19)10-9-14-6-2-1-3-7-14/h1-3,6-7,15H,4-5,8-13H2. The lowest BCUT2D eigenvalue weighted by Crippen LogP contribution is -2.44. The van der Waals surface area contributed by atoms with Gasteiger partial charge in [-0.15, -0.1) is 0 Å². The Balaban J connectivity index is 1.87. The van der Waals surface area contributed by atoms with Crippen molar-refractivity contribution in [2.75, 3.05) is 11.9 Å². The molecule has 3 heteroatoms. The minimum Gasteiger partial charge on any atom is -0.340 e. The zero-order valence-corrected chi connectivity index (χ0v) is 12.9. The van der Waals surface area contributed by atoms with Crippen LogP contribution >= 0.6 is 15.9 Å². The Labute approximate surface area is 124 Å². The van der Waals surface area contributed by atoms with Crippen LogP contribution in [-0.2, 0) is 11.2 Å². The van der Waals surface area contributed by atoms with E-state index in [0.29, 0.717) is 18.4 Å². The number of amides is 1. The van der Waals surface area contributed by atoms with Crippen molar-refractivity contribution >= 4 is 21.8 Å². The van der Waals surface area contributed by atoms with Gasteiger partial charge in [0.25, 0.3) is 0 Å². The lowest BCUT2D eigenvalue weighted by atomic mass is 9.99. The normalized spacial score (nSPS) is 19.4. The van der Waals surface area contributed by atoms with E-state index in [2.05, 4.69) is 33.0 Å². The number of carbonyl (C=O) groups excluding carboxylic acids is 1. The molecule has 0 saturated carbocycles. The van der Waals surface area contributed by atoms with Crippen LogP contribution < -0.4 is 0 Å². The summed E-state index contributed by atoms with van der Waals surface area (Å²) in [6, 6.07) is 10.7. The molecule has 0 radical (unpaired) electrons. The Morgan fingerprint density at radius 2 is 2.05 bits per heavy atom. The monoisotopic (exact) mass is 323 g/mol. The topological polar surface area (TPSA) is 20.3 Å². The van der Waals surface area contributed by atoms with Crippen molar-refractivity contribution in [3.63, 3.8) is 0 Å². The van der Waals surface area contributed by atoms with Gasteiger partial charge < -0.3 is 4.90 Å². The van der Waals surface area contributed by atoms with Crippen LogP contribution in [0.1, 0.15) is 37.7 Å². The fourth-order valence-corrected chi connectivity index (χ4v) is 3.32. The maximum absolute atomic E-state index is 12.4. The van der Waals surface area contributed by atoms with Gasteiger partial charge in [-0.3, -0.25) is 4.79 Å². The summed E-state index contributed by atoms with van der Waals surface area (Å²) >= 11 is 3.50. The number of hydrogen-bond donors (Lipinski definition) is 0. The van der Waals surface area contributed by atoms with Gasteiger partial charge in [-0.25, -0.2) is 0 Å². The predicted molar refractivity (Wildman–Crippen MR) is 82.5 cm³/mol. The van der Waals surface area contributed by atoms with E-state index < -0.39 is 0 Å². The third-order valence-corrected chi connectivity index (χ3v) is 4.32. The van der Waals surface area contributed by atoms with E-state index in [1.807, 2.05) is 18.2 Å². The number of halogens is 1. The number of alkyl halides is 1. The van der Waals surface area contributed by atoms with Crippen LogP contribution in [0.15, 0.2) is 30.3 Å². The zero-order chi connectivity index (χ0) is 13.5. The Kier molecular flexibility index (Phi) is 5.90. The molecule has 1 unspecified atom stereocenters. The molecular formula is C16H22BrNO. The Bertz CT molecular complexity index is 391. The number of benzene rings is 1. The average Bonchev–Trinajstić information content (AvgIpc) is 2.47. The molecule has 1 amide bonds. The number of hydrogen-bond acceptors (Lipinski definition) is 1. The van der Waals surface area contributed by atoms with Crippen molar-refractivity contribution in [1.29, 1.82) is 0 Å². The molecule has 1 atom stereocenters. The van der Waals surface area contributed by atoms with Crippen LogP contribution in [0.3, 0.4) is 0 Å². The van der Waals surface area contributed by atoms with Gasteiger partial charge in [0.1, 0.15) is 0 Å². The van der Waals surface area contributed by atoms with Crippen molar-refractivity contribution in [3.8, 4) is 0 Å². The van der Waals surface area contributed by atoms with Gasteiger partial charge in [-0.05, 0) is 37.7 Å². The van der Waals surface area contributed by atoms with Crippen molar-refractivity contribution in [2.45, 2.75) is 44.6 Å². The van der Waals surface area contributed by atoms with E-state index in [4.69, 9.17) is 0 Å². The van der Waals surface area contributed by atoms with E-state index in [1.165, 1.54) is 18.4 Å². The number of rotatable bonds is 5. The highest BCUT2D eigenvalue weighted by molar-refractivity contribution is 9.09. The largest absolute Gasteiger partial charge is 0.340 e. The molecule has 1 aliphatic heterocycles. The molecule has 19 heavy (non-hydrogen) atoms. The fraction of sp³-hybridized carbons (Fsp3) is 0.562. The highest BCUT2D eigenvalue weighted by Crippen LogP contribution is 2.21. The highest BCUT2D eigenvalue weighted by atomic mass is 79.9. The quantitative estimate of drug-likeness (QED) is 0.755. The van der Waals surface area contributed by atoms with Crippen LogP contribution in [0, 0.1) is 0 Å². The first-order valence-corrected chi connectivity index (χ1v) is 8.33. The summed E-state index contributed by atoms with van der Waals surface area (Å²) in [5.74, 6) is 0.328. The second-order valence-electron chi connectivity index (χ2n) is 5.20. The molecule has 1 heterocycles. The van der Waals surface area contributed by atoms with Crippen molar-refractivity contribution in [1.82, 2.24) is 4.90 Å². The first-order valence-electron chi connectivity index (χ1n) is 7.20. The summed E-state index contributed by atoms with van der Waals surface area (Å²) in [6.45, 7) is 0.950. The molecule has 0 spiro atoms. The number of aryl methyl sites for hydroxylation is 1. The molecule has 1 saturated heterocycles. The summed E-state index contributed by atoms with van der Waals surface area (Å²) < 4.78 is 0. The molecule has 1 fully saturated rings. The van der Waals surface area contributed by atoms with Crippen molar-refractivity contribution in [2.24, 2.45) is 0 Å². The second kappa shape index (κ2) is 7.68. The second-order valence-corrected chi connectivity index (χ2v) is 5.99. The van der Waals surface area contributed by atoms with Gasteiger partial charge in [0, 0.05) is 24.3 Å². The van der Waals surface area contributed by atoms with Crippen LogP contribution in [0.25, 0.3) is 0 Å². The first kappa shape index (κ1) is 14.6. The molecule has 1 aromatic rings. The summed E-state index contributed by atoms with van der Waals surface area (Å²) in [5.41, 5.74) is 1.25. The summed E-state index contributed by atoms with van der Waals surface area (Å²) in [6.07, 6.45) is 6.18. The van der Waals surface area contributed by atoms with Crippen molar-refractivity contribution < 1.29 is 4.79 Å². The fourth-order valence-electron chi connectivity index (χ4n) is 2.79. The Morgan fingerprint density at radius 1 is 1.26 bits per heavy atom. The van der Waals surface area contributed by atoms with Gasteiger partial charge in [-0.1, -0.05) is 46.3 Å². The molecule has 0 aliphatic carbocycles. The third kappa shape index (κ3) is 4.34. The molecule has 1 aromatic carbocycles. The smallest absolute Gasteiger partial charge is 0.223 e. The van der Waals surface area contributed by atoms with Gasteiger partial charge >= 0.3 is 0 Å². The van der Waals surface area contributed by atoms with Gasteiger partial charge in [0.2, 0.25) is 5.91 Å². The van der Waals surface area contributed by atoms with Gasteiger partial charge in [-0.2, -0.15) is 0 Å². The highest BCUT2D eigenvalue weighted by Gasteiger charge is 2.25. The van der Waals surface area contributed by atoms with Crippen LogP contribution in [0.2, 0.25) is 0 Å². The Hall–Kier alpha value is -0.830. The molecule has 1 aliphatic rings. The predicted octanol–water partition coefficient (Wildman–Crippen LogP) is 3.79. The van der Waals surface area contributed by atoms with Crippen LogP contribution in [0.4, 0.5) is 0 Å². The van der Waals surface area contributed by atoms with E-state index in [9.17, 15) is 4.79 Å². The lowest BCUT2D eigenvalue weighted by Gasteiger charge is -2.35. The maximum atomic E-state index is 12.4. The molecule has 0 bridgehead atoms. The van der Waals surface area contributed by atoms with E-state index >= 15 is 0 Å². The number of nitrogens with zero attached hydrogens (tertiary/aromatic N) is 1. The zero-order valence-electron chi connectivity index (χ0n) is 11.4. The first-order chi connectivity index (χ1) is 9.31. The van der Waals surface area contributed by atoms with Gasteiger partial charge in [0.15, 0.2) is 0 Å². The molecule has 104 valence electrons. The van der Waals surface area contributed by atoms with E-state index in [0.717, 1.165) is 31.1 Å². The molecule has 0 N–H and O–H groups in total. The number of carbonyl (C=O) groups is 1. The van der Waals surface area contributed by atoms with Crippen LogP contribution in [0.5, 0.6) is 0 Å². The summed E-state index contributed by atoms with van der Waals surface area (Å²) in [7, 11) is 0. The van der Waals surface area contributed by atoms with Crippen molar-refractivity contribution in [3.05, 3.63) is 35.9 Å². The SMILES string of the molecule is O=C(CCc1ccccc1)N1CCCCC1CCBr. The Morgan fingerprint density at radius 3 is 2.79 bits per heavy atom. The number of likely N-dealkylation sites (tertiary alicyclic amines) is 1. The molecule has 0 aromatic heterocycles. The minimum atomic E-state index is 0.328. The third-order valence-electron chi connectivity index (χ3n) is 3.86. The average molecular weight is 324 g/mol. The van der Waals surface area contributed by atoms with Gasteiger partial charge in [0.05, 0.1) is 0 Å². The summed E-state index contributed by atoms with van der Waals surface area (Å²) in [4.78, 5) is 14.5. The van der Waals surface area contributed by atoms with E-state index in [-0.39, 0.29) is 0 Å². The molecule has 2 rings (SSSR count). The minimum absolute atomic E-state index is 0.328. The van der Waals surface area contributed by atoms with Crippen LogP contribution in [-0.4, -0.2) is 28.7 Å². The van der Waals surface area contributed by atoms with E-state index in [1.54, 1.807) is 0 Å². The summed E-state index contributed by atoms with van der Waals surface area (Å²) in [5, 5.41) is 0.986.